The molecule has 0 unspecified atom stereocenters. The molecule has 0 saturated heterocycles. The van der Waals surface area contributed by atoms with Gasteiger partial charge in [-0.15, -0.1) is 0 Å². The number of nitriles is 1. The lowest BCUT2D eigenvalue weighted by atomic mass is 9.77. The number of carbonyl (C=O) groups is 2. The molecule has 3 aliphatic rings. The number of carboxylic acid groups (broad SMARTS) is 1. The van der Waals surface area contributed by atoms with Gasteiger partial charge in [-0.05, 0) is 80.8 Å². The molecule has 2 aliphatic heterocycles. The van der Waals surface area contributed by atoms with Crippen LogP contribution in [0.15, 0.2) is 107 Å². The number of anilines is 1. The lowest BCUT2D eigenvalue weighted by Gasteiger charge is -2.28. The maximum Gasteiger partial charge on any atom is 0.346 e. The Morgan fingerprint density at radius 3 is 2.05 bits per heavy atom. The Labute approximate surface area is 350 Å². The molecule has 6 rings (SSSR count). The molecule has 304 valence electrons. The van der Waals surface area contributed by atoms with E-state index in [4.69, 9.17) is 5.26 Å². The van der Waals surface area contributed by atoms with Crippen molar-refractivity contribution < 1.29 is 24.4 Å². The van der Waals surface area contributed by atoms with Crippen LogP contribution in [-0.4, -0.2) is 45.3 Å². The summed E-state index contributed by atoms with van der Waals surface area (Å²) >= 11 is 0. The van der Waals surface area contributed by atoms with Crippen molar-refractivity contribution in [2.75, 3.05) is 18.0 Å². The Balaban J connectivity index is 1.28. The van der Waals surface area contributed by atoms with E-state index in [9.17, 15) is 19.8 Å². The fourth-order valence-electron chi connectivity index (χ4n) is 8.75. The van der Waals surface area contributed by atoms with Gasteiger partial charge in [-0.25, -0.2) is 4.79 Å². The van der Waals surface area contributed by atoms with Gasteiger partial charge in [-0.1, -0.05) is 114 Å². The molecule has 0 radical (unpaired) electrons. The van der Waals surface area contributed by atoms with Gasteiger partial charge < -0.3 is 15.1 Å². The molecule has 2 heterocycles. The van der Waals surface area contributed by atoms with E-state index in [0.29, 0.717) is 16.7 Å². The number of hydrogen-bond donors (Lipinski definition) is 2. The molecule has 3 aromatic rings. The number of aliphatic hydroxyl groups is 1. The SMILES string of the molecule is CCCCCCCCCCCC[N+]1=C(/C=C2/C(=O)C(/C=C3\N(CC)c4ccccc4C3(C)C)=C2O)C(C)(C)c2cc(C#Cc3ccc(/C=C(/C#N)C(=O)O)cc3)ccc21. The van der Waals surface area contributed by atoms with E-state index in [0.717, 1.165) is 65.4 Å². The summed E-state index contributed by atoms with van der Waals surface area (Å²) < 4.78 is 2.34. The standard InChI is InChI=1S/C52H57N3O4/c1-7-9-10-11-12-13-14-15-16-19-30-55-45-29-28-38(27-24-36-22-25-37(26-23-36)31-39(35-53)50(58)59)32-43(45)52(5,6)47(55)34-41-48(56)40(49(41)57)33-46-51(3,4)42-20-17-18-21-44(42)54(46)8-2/h17-18,20-23,25-26,28-29,31-34H,7-16,19,30H2,1-6H3,(H-,56,57,58,59)/p+1/b39-31-. The number of hydrogen-bond acceptors (Lipinski definition) is 5. The maximum atomic E-state index is 14.0. The molecule has 0 bridgehead atoms. The van der Waals surface area contributed by atoms with Gasteiger partial charge in [0.15, 0.2) is 5.71 Å². The summed E-state index contributed by atoms with van der Waals surface area (Å²) in [6, 6.07) is 23.5. The van der Waals surface area contributed by atoms with Crippen molar-refractivity contribution >= 4 is 34.9 Å². The molecule has 0 aromatic heterocycles. The van der Waals surface area contributed by atoms with E-state index >= 15 is 0 Å². The number of fused-ring (bicyclic) bond motifs is 2. The van der Waals surface area contributed by atoms with E-state index in [1.165, 1.54) is 63.0 Å². The predicted octanol–water partition coefficient (Wildman–Crippen LogP) is 11.4. The number of rotatable bonds is 16. The second-order valence-corrected chi connectivity index (χ2v) is 17.0. The van der Waals surface area contributed by atoms with E-state index in [-0.39, 0.29) is 22.5 Å². The third-order valence-corrected chi connectivity index (χ3v) is 12.2. The summed E-state index contributed by atoms with van der Waals surface area (Å²) in [7, 11) is 0. The van der Waals surface area contributed by atoms with Gasteiger partial charge in [-0.2, -0.15) is 9.84 Å². The van der Waals surface area contributed by atoms with Gasteiger partial charge in [0, 0.05) is 58.6 Å². The number of Topliss-reactive ketones (excluding diaryl/α,β-unsaturated/α-hetero) is 1. The number of likely N-dealkylation sites (N-methyl/N-ethyl adjacent to an activating group) is 1. The van der Waals surface area contributed by atoms with Crippen LogP contribution in [0.3, 0.4) is 0 Å². The Morgan fingerprint density at radius 1 is 0.797 bits per heavy atom. The summed E-state index contributed by atoms with van der Waals surface area (Å²) in [5.74, 6) is 5.18. The van der Waals surface area contributed by atoms with Crippen molar-refractivity contribution in [1.82, 2.24) is 0 Å². The van der Waals surface area contributed by atoms with Crippen molar-refractivity contribution in [3.8, 4) is 17.9 Å². The second kappa shape index (κ2) is 18.3. The van der Waals surface area contributed by atoms with Crippen LogP contribution in [0.1, 0.15) is 134 Å². The average Bonchev–Trinajstić information content (AvgIpc) is 3.58. The summed E-state index contributed by atoms with van der Waals surface area (Å²) in [6.07, 6.45) is 17.6. The molecule has 0 saturated carbocycles. The van der Waals surface area contributed by atoms with Crippen LogP contribution in [0.4, 0.5) is 11.4 Å². The van der Waals surface area contributed by atoms with Crippen molar-refractivity contribution in [3.05, 3.63) is 135 Å². The minimum absolute atomic E-state index is 0.0447. The predicted molar refractivity (Wildman–Crippen MR) is 238 cm³/mol. The Bertz CT molecular complexity index is 2380. The van der Waals surface area contributed by atoms with Crippen molar-refractivity contribution in [2.24, 2.45) is 0 Å². The number of aliphatic carboxylic acids is 1. The topological polar surface area (TPSA) is 105 Å². The minimum Gasteiger partial charge on any atom is -0.506 e. The van der Waals surface area contributed by atoms with E-state index in [1.54, 1.807) is 18.2 Å². The highest BCUT2D eigenvalue weighted by Gasteiger charge is 2.47. The third-order valence-electron chi connectivity index (χ3n) is 12.2. The largest absolute Gasteiger partial charge is 0.506 e. The maximum absolute atomic E-state index is 14.0. The van der Waals surface area contributed by atoms with Crippen LogP contribution in [0.5, 0.6) is 0 Å². The Hall–Kier alpha value is -5.92. The number of carboxylic acids is 1. The van der Waals surface area contributed by atoms with E-state index in [1.807, 2.05) is 36.4 Å². The van der Waals surface area contributed by atoms with E-state index < -0.39 is 11.4 Å². The second-order valence-electron chi connectivity index (χ2n) is 17.0. The number of aliphatic hydroxyl groups excluding tert-OH is 1. The number of allylic oxidation sites excluding steroid dienone is 5. The van der Waals surface area contributed by atoms with Crippen LogP contribution in [0.2, 0.25) is 0 Å². The lowest BCUT2D eigenvalue weighted by molar-refractivity contribution is -0.438. The third kappa shape index (κ3) is 8.91. The molecule has 7 nitrogen and oxygen atoms in total. The van der Waals surface area contributed by atoms with Crippen LogP contribution in [0, 0.1) is 23.2 Å². The van der Waals surface area contributed by atoms with Crippen LogP contribution in [0.25, 0.3) is 6.08 Å². The molecular formula is C52H58N3O4+. The van der Waals surface area contributed by atoms with Gasteiger partial charge in [0.25, 0.3) is 0 Å². The number of ketones is 1. The normalized spacial score (nSPS) is 17.8. The molecule has 2 N–H and O–H groups in total. The van der Waals surface area contributed by atoms with E-state index in [2.05, 4.69) is 93.2 Å². The molecule has 0 fully saturated rings. The van der Waals surface area contributed by atoms with Gasteiger partial charge in [0.05, 0.1) is 16.6 Å². The highest BCUT2D eigenvalue weighted by atomic mass is 16.4. The van der Waals surface area contributed by atoms with Crippen molar-refractivity contribution in [3.63, 3.8) is 0 Å². The molecular weight excluding hydrogens is 731 g/mol. The van der Waals surface area contributed by atoms with Crippen LogP contribution >= 0.6 is 0 Å². The Kier molecular flexibility index (Phi) is 13.3. The molecule has 0 amide bonds. The zero-order valence-corrected chi connectivity index (χ0v) is 35.6. The summed E-state index contributed by atoms with van der Waals surface area (Å²) in [4.78, 5) is 27.5. The van der Waals surface area contributed by atoms with Crippen molar-refractivity contribution in [2.45, 2.75) is 117 Å². The van der Waals surface area contributed by atoms with Crippen LogP contribution in [-0.2, 0) is 20.4 Å². The quantitative estimate of drug-likeness (QED) is 0.0492. The average molecular weight is 789 g/mol. The number of para-hydroxylation sites is 1. The van der Waals surface area contributed by atoms with Gasteiger partial charge in [-0.3, -0.25) is 4.79 Å². The Morgan fingerprint density at radius 2 is 1.42 bits per heavy atom. The first-order valence-electron chi connectivity index (χ1n) is 21.4. The summed E-state index contributed by atoms with van der Waals surface area (Å²) in [5, 5.41) is 29.9. The first-order chi connectivity index (χ1) is 28.3. The summed E-state index contributed by atoms with van der Waals surface area (Å²) in [6.45, 7) is 14.6. The monoisotopic (exact) mass is 788 g/mol. The summed E-state index contributed by atoms with van der Waals surface area (Å²) in [5.41, 5.74) is 8.35. The smallest absolute Gasteiger partial charge is 0.346 e. The number of unbranched alkanes of at least 4 members (excludes halogenated alkanes) is 9. The molecule has 59 heavy (non-hydrogen) atoms. The minimum atomic E-state index is -1.26. The fraction of sp³-hybridized carbons (Fsp3) is 0.385. The zero-order chi connectivity index (χ0) is 42.3. The molecule has 1 aliphatic carbocycles. The highest BCUT2D eigenvalue weighted by molar-refractivity contribution is 6.24. The highest BCUT2D eigenvalue weighted by Crippen LogP contribution is 2.49. The first kappa shape index (κ1) is 42.7. The molecule has 0 atom stereocenters. The van der Waals surface area contributed by atoms with Gasteiger partial charge in [0.1, 0.15) is 23.9 Å². The van der Waals surface area contributed by atoms with Gasteiger partial charge in [0.2, 0.25) is 11.5 Å². The van der Waals surface area contributed by atoms with Crippen LogP contribution < -0.4 is 4.90 Å². The number of benzene rings is 3. The molecule has 3 aromatic carbocycles. The van der Waals surface area contributed by atoms with Crippen molar-refractivity contribution in [1.29, 1.82) is 5.26 Å². The van der Waals surface area contributed by atoms with Gasteiger partial charge >= 0.3 is 5.97 Å². The number of nitrogens with zero attached hydrogens (tertiary/aromatic N) is 3. The lowest BCUT2D eigenvalue weighted by Crippen LogP contribution is -2.32. The fourth-order valence-corrected chi connectivity index (χ4v) is 8.75. The number of carbonyl (C=O) groups excluding carboxylic acids is 1. The first-order valence-corrected chi connectivity index (χ1v) is 21.4. The molecule has 0 spiro atoms. The zero-order valence-electron chi connectivity index (χ0n) is 35.6. The molecule has 7 heteroatoms.